The van der Waals surface area contributed by atoms with Crippen molar-refractivity contribution < 1.29 is 9.59 Å². The molecule has 2 aromatic carbocycles. The Morgan fingerprint density at radius 2 is 1.92 bits per heavy atom. The number of carbonyl (C=O) groups is 2. The Hall–Kier alpha value is -2.34. The minimum absolute atomic E-state index is 0.125. The number of fused-ring (bicyclic) bond motifs is 1. The average Bonchev–Trinajstić information content (AvgIpc) is 3.25. The Morgan fingerprint density at radius 3 is 2.73 bits per heavy atom. The molecule has 0 bridgehead atoms. The number of nitrogens with zero attached hydrogens (tertiary/aromatic N) is 1. The molecule has 1 atom stereocenters. The molecule has 6 heteroatoms. The zero-order valence-electron chi connectivity index (χ0n) is 14.4. The molecule has 1 unspecified atom stereocenters. The number of rotatable bonds is 4. The second-order valence-corrected chi connectivity index (χ2v) is 7.97. The monoisotopic (exact) mass is 367 g/mol. The molecule has 0 aromatic heterocycles. The lowest BCUT2D eigenvalue weighted by Crippen LogP contribution is -2.28. The summed E-state index contributed by atoms with van der Waals surface area (Å²) in [5, 5.41) is 8.18. The Bertz CT molecular complexity index is 874. The van der Waals surface area contributed by atoms with Crippen LogP contribution in [0, 0.1) is 0 Å². The number of hydrogen-bond acceptors (Lipinski definition) is 4. The Labute approximate surface area is 156 Å². The van der Waals surface area contributed by atoms with E-state index in [0.717, 1.165) is 29.3 Å². The number of anilines is 1. The van der Waals surface area contributed by atoms with E-state index in [1.165, 1.54) is 24.6 Å². The molecule has 1 aliphatic heterocycles. The summed E-state index contributed by atoms with van der Waals surface area (Å²) in [4.78, 5) is 29.1. The SMILES string of the molecule is O=C(CC1SC(=NC2CCCC2)NC1=O)Nc1ccc2ccccc2c1. The molecule has 4 rings (SSSR count). The zero-order chi connectivity index (χ0) is 17.9. The number of thioether (sulfide) groups is 1. The van der Waals surface area contributed by atoms with E-state index in [-0.39, 0.29) is 18.2 Å². The predicted octanol–water partition coefficient (Wildman–Crippen LogP) is 3.70. The van der Waals surface area contributed by atoms with Gasteiger partial charge in [0.15, 0.2) is 5.17 Å². The number of benzene rings is 2. The van der Waals surface area contributed by atoms with Crippen LogP contribution in [-0.2, 0) is 9.59 Å². The summed E-state index contributed by atoms with van der Waals surface area (Å²) in [6, 6.07) is 14.1. The Kier molecular flexibility index (Phi) is 4.93. The van der Waals surface area contributed by atoms with Crippen molar-refractivity contribution in [2.24, 2.45) is 4.99 Å². The standard InChI is InChI=1S/C20H21N3O2S/c24-18(21-16-10-9-13-5-1-2-6-14(13)11-16)12-17-19(25)23-20(26-17)22-15-7-3-4-8-15/h1-2,5-6,9-11,15,17H,3-4,7-8,12H2,(H,21,24)(H,22,23,25). The number of aliphatic imine (C=N–C) groups is 1. The van der Waals surface area contributed by atoms with Gasteiger partial charge in [-0.3, -0.25) is 14.6 Å². The normalized spacial score (nSPS) is 22.1. The maximum atomic E-state index is 12.4. The van der Waals surface area contributed by atoms with Crippen molar-refractivity contribution in [1.29, 1.82) is 0 Å². The number of hydrogen-bond donors (Lipinski definition) is 2. The molecule has 2 N–H and O–H groups in total. The van der Waals surface area contributed by atoms with Gasteiger partial charge in [-0.15, -0.1) is 0 Å². The molecule has 1 aliphatic carbocycles. The van der Waals surface area contributed by atoms with Gasteiger partial charge in [0.25, 0.3) is 0 Å². The first-order chi connectivity index (χ1) is 12.7. The Morgan fingerprint density at radius 1 is 1.15 bits per heavy atom. The highest BCUT2D eigenvalue weighted by Gasteiger charge is 2.32. The first-order valence-corrected chi connectivity index (χ1v) is 9.89. The van der Waals surface area contributed by atoms with E-state index in [0.29, 0.717) is 11.2 Å². The summed E-state index contributed by atoms with van der Waals surface area (Å²) in [7, 11) is 0. The van der Waals surface area contributed by atoms with Gasteiger partial charge in [-0.25, -0.2) is 0 Å². The van der Waals surface area contributed by atoms with Crippen LogP contribution in [0.1, 0.15) is 32.1 Å². The number of nitrogens with one attached hydrogen (secondary N) is 2. The second kappa shape index (κ2) is 7.50. The molecule has 2 fully saturated rings. The van der Waals surface area contributed by atoms with Crippen molar-refractivity contribution in [3.63, 3.8) is 0 Å². The van der Waals surface area contributed by atoms with Gasteiger partial charge < -0.3 is 10.6 Å². The lowest BCUT2D eigenvalue weighted by Gasteiger charge is -2.08. The summed E-state index contributed by atoms with van der Waals surface area (Å²) < 4.78 is 0. The maximum absolute atomic E-state index is 12.4. The number of amidine groups is 1. The molecule has 134 valence electrons. The second-order valence-electron chi connectivity index (χ2n) is 6.78. The third-order valence-corrected chi connectivity index (χ3v) is 5.90. The topological polar surface area (TPSA) is 70.6 Å². The fourth-order valence-electron chi connectivity index (χ4n) is 3.45. The predicted molar refractivity (Wildman–Crippen MR) is 106 cm³/mol. The largest absolute Gasteiger partial charge is 0.326 e. The van der Waals surface area contributed by atoms with Crippen LogP contribution in [0.5, 0.6) is 0 Å². The molecule has 1 heterocycles. The molecule has 1 saturated heterocycles. The lowest BCUT2D eigenvalue weighted by molar-refractivity contribution is -0.122. The molecule has 5 nitrogen and oxygen atoms in total. The molecule has 26 heavy (non-hydrogen) atoms. The molecular weight excluding hydrogens is 346 g/mol. The quantitative estimate of drug-likeness (QED) is 0.866. The van der Waals surface area contributed by atoms with E-state index in [4.69, 9.17) is 0 Å². The van der Waals surface area contributed by atoms with E-state index in [1.807, 2.05) is 42.5 Å². The first kappa shape index (κ1) is 17.1. The summed E-state index contributed by atoms with van der Waals surface area (Å²) in [6.07, 6.45) is 4.74. The summed E-state index contributed by atoms with van der Waals surface area (Å²) in [6.45, 7) is 0. The first-order valence-electron chi connectivity index (χ1n) is 9.01. The Balaban J connectivity index is 1.37. The van der Waals surface area contributed by atoms with Crippen molar-refractivity contribution in [2.75, 3.05) is 5.32 Å². The van der Waals surface area contributed by atoms with Crippen LogP contribution in [-0.4, -0.2) is 28.3 Å². The molecule has 2 aromatic rings. The van der Waals surface area contributed by atoms with Gasteiger partial charge in [0, 0.05) is 12.1 Å². The minimum Gasteiger partial charge on any atom is -0.326 e. The van der Waals surface area contributed by atoms with Gasteiger partial charge in [0.2, 0.25) is 11.8 Å². The average molecular weight is 367 g/mol. The van der Waals surface area contributed by atoms with E-state index >= 15 is 0 Å². The molecule has 2 aliphatic rings. The summed E-state index contributed by atoms with van der Waals surface area (Å²) >= 11 is 1.38. The molecule has 2 amide bonds. The molecular formula is C20H21N3O2S. The van der Waals surface area contributed by atoms with Crippen LogP contribution < -0.4 is 10.6 Å². The van der Waals surface area contributed by atoms with Gasteiger partial charge in [-0.05, 0) is 35.7 Å². The van der Waals surface area contributed by atoms with E-state index in [1.54, 1.807) is 0 Å². The third kappa shape index (κ3) is 3.90. The van der Waals surface area contributed by atoms with Crippen molar-refractivity contribution >= 4 is 45.2 Å². The highest BCUT2D eigenvalue weighted by atomic mass is 32.2. The van der Waals surface area contributed by atoms with Crippen LogP contribution in [0.2, 0.25) is 0 Å². The highest BCUT2D eigenvalue weighted by Crippen LogP contribution is 2.27. The van der Waals surface area contributed by atoms with Crippen LogP contribution in [0.4, 0.5) is 5.69 Å². The summed E-state index contributed by atoms with van der Waals surface area (Å²) in [5.74, 6) is -0.282. The van der Waals surface area contributed by atoms with Crippen LogP contribution in [0.25, 0.3) is 10.8 Å². The van der Waals surface area contributed by atoms with E-state index in [2.05, 4.69) is 15.6 Å². The number of carbonyl (C=O) groups excluding carboxylic acids is 2. The van der Waals surface area contributed by atoms with Crippen molar-refractivity contribution in [1.82, 2.24) is 5.32 Å². The van der Waals surface area contributed by atoms with Crippen molar-refractivity contribution in [3.8, 4) is 0 Å². The fraction of sp³-hybridized carbons (Fsp3) is 0.350. The van der Waals surface area contributed by atoms with E-state index < -0.39 is 5.25 Å². The summed E-state index contributed by atoms with van der Waals surface area (Å²) in [5.41, 5.74) is 0.747. The van der Waals surface area contributed by atoms with Crippen LogP contribution >= 0.6 is 11.8 Å². The van der Waals surface area contributed by atoms with Gasteiger partial charge in [-0.2, -0.15) is 0 Å². The van der Waals surface area contributed by atoms with Gasteiger partial charge in [0.05, 0.1) is 6.04 Å². The van der Waals surface area contributed by atoms with Gasteiger partial charge in [0.1, 0.15) is 5.25 Å². The molecule has 0 radical (unpaired) electrons. The fourth-order valence-corrected chi connectivity index (χ4v) is 4.49. The third-order valence-electron chi connectivity index (χ3n) is 4.80. The maximum Gasteiger partial charge on any atom is 0.240 e. The molecule has 0 spiro atoms. The molecule has 1 saturated carbocycles. The van der Waals surface area contributed by atoms with Gasteiger partial charge >= 0.3 is 0 Å². The van der Waals surface area contributed by atoms with Crippen molar-refractivity contribution in [2.45, 2.75) is 43.4 Å². The zero-order valence-corrected chi connectivity index (χ0v) is 15.2. The van der Waals surface area contributed by atoms with Gasteiger partial charge in [-0.1, -0.05) is 54.9 Å². The van der Waals surface area contributed by atoms with Crippen molar-refractivity contribution in [3.05, 3.63) is 42.5 Å². The highest BCUT2D eigenvalue weighted by molar-refractivity contribution is 8.15. The number of amides is 2. The van der Waals surface area contributed by atoms with Crippen LogP contribution in [0.15, 0.2) is 47.5 Å². The minimum atomic E-state index is -0.407. The lowest BCUT2D eigenvalue weighted by atomic mass is 10.1. The smallest absolute Gasteiger partial charge is 0.240 e. The van der Waals surface area contributed by atoms with Crippen LogP contribution in [0.3, 0.4) is 0 Å². The van der Waals surface area contributed by atoms with E-state index in [9.17, 15) is 9.59 Å².